The molecule has 19 heavy (non-hydrogen) atoms. The highest BCUT2D eigenvalue weighted by atomic mass is 35.5. The topological polar surface area (TPSA) is 49.3 Å². The maximum absolute atomic E-state index is 12.2. The number of aromatic hydroxyl groups is 1. The number of hydrogen-bond donors (Lipinski definition) is 2. The van der Waals surface area contributed by atoms with E-state index in [4.69, 9.17) is 11.6 Å². The number of anilines is 1. The summed E-state index contributed by atoms with van der Waals surface area (Å²) in [5.74, 6) is -0.137. The molecule has 0 spiro atoms. The molecule has 0 fully saturated rings. The number of carbonyl (C=O) groups excluding carboxylic acids is 1. The van der Waals surface area contributed by atoms with Crippen molar-refractivity contribution in [2.75, 3.05) is 5.32 Å². The zero-order valence-electron chi connectivity index (χ0n) is 10.5. The van der Waals surface area contributed by atoms with Crippen LogP contribution >= 0.6 is 11.6 Å². The number of phenols is 1. The molecule has 2 rings (SSSR count). The maximum Gasteiger partial charge on any atom is 0.255 e. The Hall–Kier alpha value is -2.00. The predicted molar refractivity (Wildman–Crippen MR) is 76.9 cm³/mol. The maximum atomic E-state index is 12.2. The number of rotatable bonds is 3. The van der Waals surface area contributed by atoms with Gasteiger partial charge in [-0.15, -0.1) is 0 Å². The number of carbonyl (C=O) groups is 1. The summed E-state index contributed by atoms with van der Waals surface area (Å²) in [5.41, 5.74) is 2.10. The Kier molecular flexibility index (Phi) is 4.07. The van der Waals surface area contributed by atoms with Crippen LogP contribution in [0.15, 0.2) is 42.5 Å². The lowest BCUT2D eigenvalue weighted by molar-refractivity contribution is 0.102. The van der Waals surface area contributed by atoms with E-state index in [1.54, 1.807) is 12.1 Å². The lowest BCUT2D eigenvalue weighted by Crippen LogP contribution is -2.14. The number of aryl methyl sites for hydroxylation is 1. The van der Waals surface area contributed by atoms with E-state index in [9.17, 15) is 9.90 Å². The molecule has 0 aliphatic carbocycles. The van der Waals surface area contributed by atoms with Gasteiger partial charge in [0.1, 0.15) is 5.75 Å². The Balaban J connectivity index is 2.26. The summed E-state index contributed by atoms with van der Waals surface area (Å²) in [6.45, 7) is 2.00. The van der Waals surface area contributed by atoms with Gasteiger partial charge in [-0.1, -0.05) is 36.7 Å². The summed E-state index contributed by atoms with van der Waals surface area (Å²) >= 11 is 5.96. The lowest BCUT2D eigenvalue weighted by Gasteiger charge is -2.10. The van der Waals surface area contributed by atoms with Crippen molar-refractivity contribution in [2.24, 2.45) is 0 Å². The van der Waals surface area contributed by atoms with Crippen LogP contribution in [0.2, 0.25) is 5.02 Å². The van der Waals surface area contributed by atoms with Crippen LogP contribution in [0.3, 0.4) is 0 Å². The third-order valence-electron chi connectivity index (χ3n) is 2.84. The zero-order chi connectivity index (χ0) is 13.8. The molecular weight excluding hydrogens is 262 g/mol. The van der Waals surface area contributed by atoms with Crippen LogP contribution in [-0.4, -0.2) is 11.0 Å². The number of benzene rings is 2. The molecule has 0 atom stereocenters. The van der Waals surface area contributed by atoms with Crippen molar-refractivity contribution in [3.63, 3.8) is 0 Å². The van der Waals surface area contributed by atoms with Gasteiger partial charge in [-0.3, -0.25) is 4.79 Å². The lowest BCUT2D eigenvalue weighted by atomic mass is 10.0. The van der Waals surface area contributed by atoms with Crippen LogP contribution in [-0.2, 0) is 6.42 Å². The van der Waals surface area contributed by atoms with Crippen LogP contribution in [0.25, 0.3) is 0 Å². The molecule has 2 aromatic rings. The SMILES string of the molecule is CCc1ccccc1C(=O)Nc1ccc(O)cc1Cl. The van der Waals surface area contributed by atoms with Crippen LogP contribution in [0.5, 0.6) is 5.75 Å². The Morgan fingerprint density at radius 2 is 2.00 bits per heavy atom. The molecule has 1 amide bonds. The first-order valence-corrected chi connectivity index (χ1v) is 6.37. The molecule has 3 nitrogen and oxygen atoms in total. The van der Waals surface area contributed by atoms with E-state index < -0.39 is 0 Å². The fourth-order valence-corrected chi connectivity index (χ4v) is 2.07. The minimum absolute atomic E-state index is 0.0666. The van der Waals surface area contributed by atoms with E-state index in [1.807, 2.05) is 25.1 Å². The normalized spacial score (nSPS) is 10.2. The fraction of sp³-hybridized carbons (Fsp3) is 0.133. The zero-order valence-corrected chi connectivity index (χ0v) is 11.2. The van der Waals surface area contributed by atoms with Gasteiger partial charge in [-0.25, -0.2) is 0 Å². The van der Waals surface area contributed by atoms with Gasteiger partial charge in [0, 0.05) is 11.6 Å². The second-order valence-corrected chi connectivity index (χ2v) is 4.54. The molecule has 0 saturated heterocycles. The monoisotopic (exact) mass is 275 g/mol. The Bertz CT molecular complexity index is 611. The molecule has 0 unspecified atom stereocenters. The van der Waals surface area contributed by atoms with E-state index in [-0.39, 0.29) is 11.7 Å². The van der Waals surface area contributed by atoms with Crippen LogP contribution in [0, 0.1) is 0 Å². The van der Waals surface area contributed by atoms with Crippen molar-refractivity contribution in [3.8, 4) is 5.75 Å². The molecule has 0 aliphatic rings. The van der Waals surface area contributed by atoms with Gasteiger partial charge in [0.25, 0.3) is 5.91 Å². The minimum Gasteiger partial charge on any atom is -0.508 e. The van der Waals surface area contributed by atoms with Gasteiger partial charge in [0.15, 0.2) is 0 Å². The van der Waals surface area contributed by atoms with E-state index in [2.05, 4.69) is 5.32 Å². The van der Waals surface area contributed by atoms with Crippen LogP contribution < -0.4 is 5.32 Å². The minimum atomic E-state index is -0.204. The molecule has 98 valence electrons. The predicted octanol–water partition coefficient (Wildman–Crippen LogP) is 3.86. The van der Waals surface area contributed by atoms with Crippen molar-refractivity contribution in [1.29, 1.82) is 0 Å². The molecule has 0 bridgehead atoms. The first kappa shape index (κ1) is 13.4. The van der Waals surface area contributed by atoms with Crippen molar-refractivity contribution >= 4 is 23.2 Å². The first-order valence-electron chi connectivity index (χ1n) is 5.99. The molecular formula is C15H14ClNO2. The Labute approximate surface area is 116 Å². The molecule has 0 heterocycles. The van der Waals surface area contributed by atoms with E-state index >= 15 is 0 Å². The van der Waals surface area contributed by atoms with E-state index in [1.165, 1.54) is 12.1 Å². The number of halogens is 1. The quantitative estimate of drug-likeness (QED) is 0.836. The average Bonchev–Trinajstić information content (AvgIpc) is 2.41. The third-order valence-corrected chi connectivity index (χ3v) is 3.16. The number of nitrogens with one attached hydrogen (secondary N) is 1. The van der Waals surface area contributed by atoms with Gasteiger partial charge in [-0.2, -0.15) is 0 Å². The molecule has 4 heteroatoms. The van der Waals surface area contributed by atoms with Gasteiger partial charge in [0.2, 0.25) is 0 Å². The van der Waals surface area contributed by atoms with Gasteiger partial charge in [0.05, 0.1) is 10.7 Å². The number of phenolic OH excluding ortho intramolecular Hbond substituents is 1. The summed E-state index contributed by atoms with van der Waals surface area (Å²) in [4.78, 5) is 12.2. The fourth-order valence-electron chi connectivity index (χ4n) is 1.85. The van der Waals surface area contributed by atoms with E-state index in [0.717, 1.165) is 12.0 Å². The summed E-state index contributed by atoms with van der Waals surface area (Å²) in [6.07, 6.45) is 0.785. The molecule has 0 aliphatic heterocycles. The number of hydrogen-bond acceptors (Lipinski definition) is 2. The standard InChI is InChI=1S/C15H14ClNO2/c1-2-10-5-3-4-6-12(10)15(19)17-14-8-7-11(18)9-13(14)16/h3-9,18H,2H2,1H3,(H,17,19). The summed E-state index contributed by atoms with van der Waals surface area (Å²) < 4.78 is 0. The van der Waals surface area contributed by atoms with E-state index in [0.29, 0.717) is 16.3 Å². The molecule has 2 aromatic carbocycles. The van der Waals surface area contributed by atoms with Gasteiger partial charge < -0.3 is 10.4 Å². The largest absolute Gasteiger partial charge is 0.508 e. The Morgan fingerprint density at radius 1 is 1.26 bits per heavy atom. The average molecular weight is 276 g/mol. The van der Waals surface area contributed by atoms with Gasteiger partial charge >= 0.3 is 0 Å². The second kappa shape index (κ2) is 5.76. The van der Waals surface area contributed by atoms with Gasteiger partial charge in [-0.05, 0) is 30.2 Å². The molecule has 0 aromatic heterocycles. The van der Waals surface area contributed by atoms with Crippen molar-refractivity contribution < 1.29 is 9.90 Å². The van der Waals surface area contributed by atoms with Crippen molar-refractivity contribution in [1.82, 2.24) is 0 Å². The summed E-state index contributed by atoms with van der Waals surface area (Å²) in [5, 5.41) is 12.3. The highest BCUT2D eigenvalue weighted by Crippen LogP contribution is 2.26. The van der Waals surface area contributed by atoms with Crippen molar-refractivity contribution in [3.05, 3.63) is 58.6 Å². The highest BCUT2D eigenvalue weighted by Gasteiger charge is 2.11. The summed E-state index contributed by atoms with van der Waals surface area (Å²) in [7, 11) is 0. The number of amides is 1. The van der Waals surface area contributed by atoms with Crippen LogP contribution in [0.4, 0.5) is 5.69 Å². The smallest absolute Gasteiger partial charge is 0.255 e. The summed E-state index contributed by atoms with van der Waals surface area (Å²) in [6, 6.07) is 11.9. The molecule has 2 N–H and O–H groups in total. The molecule has 0 saturated carbocycles. The Morgan fingerprint density at radius 3 is 2.68 bits per heavy atom. The second-order valence-electron chi connectivity index (χ2n) is 4.13. The molecule has 0 radical (unpaired) electrons. The first-order chi connectivity index (χ1) is 9.11. The highest BCUT2D eigenvalue weighted by molar-refractivity contribution is 6.34. The van der Waals surface area contributed by atoms with Crippen LogP contribution in [0.1, 0.15) is 22.8 Å². The third kappa shape index (κ3) is 3.06. The van der Waals surface area contributed by atoms with Crippen molar-refractivity contribution in [2.45, 2.75) is 13.3 Å².